The molecule has 0 spiro atoms. The number of nitrogens with zero attached hydrogens (tertiary/aromatic N) is 4. The summed E-state index contributed by atoms with van der Waals surface area (Å²) < 4.78 is 0. The molecule has 1 heterocycles. The lowest BCUT2D eigenvalue weighted by Gasteiger charge is -2.08. The summed E-state index contributed by atoms with van der Waals surface area (Å²) in [5, 5.41) is 7.08. The van der Waals surface area contributed by atoms with E-state index < -0.39 is 0 Å². The average molecular weight is 248 g/mol. The van der Waals surface area contributed by atoms with Crippen LogP contribution in [0.1, 0.15) is 18.7 Å². The van der Waals surface area contributed by atoms with Gasteiger partial charge in [-0.3, -0.25) is 4.98 Å². The molecule has 3 aromatic rings. The van der Waals surface area contributed by atoms with Crippen LogP contribution in [0.5, 0.6) is 0 Å². The van der Waals surface area contributed by atoms with E-state index >= 15 is 0 Å². The molecule has 92 valence electrons. The van der Waals surface area contributed by atoms with Crippen LogP contribution in [0.15, 0.2) is 53.6 Å². The van der Waals surface area contributed by atoms with E-state index in [0.717, 1.165) is 27.4 Å². The number of aromatic nitrogens is 1. The summed E-state index contributed by atoms with van der Waals surface area (Å²) in [5.41, 5.74) is 10.3. The Morgan fingerprint density at radius 1 is 1.05 bits per heavy atom. The molecule has 0 fully saturated rings. The van der Waals surface area contributed by atoms with Crippen molar-refractivity contribution in [1.82, 2.24) is 4.98 Å². The van der Waals surface area contributed by atoms with E-state index in [4.69, 9.17) is 5.53 Å². The molecule has 2 aromatic carbocycles. The molecule has 0 aliphatic heterocycles. The maximum Gasteiger partial charge on any atom is 0.0783 e. The van der Waals surface area contributed by atoms with Gasteiger partial charge in [0.25, 0.3) is 0 Å². The molecule has 0 unspecified atom stereocenters. The van der Waals surface area contributed by atoms with E-state index in [1.807, 2.05) is 31.2 Å². The first-order valence-electron chi connectivity index (χ1n) is 6.12. The number of benzene rings is 2. The normalized spacial score (nSPS) is 12.3. The molecule has 0 amide bonds. The summed E-state index contributed by atoms with van der Waals surface area (Å²) in [6.45, 7) is 1.85. The molecule has 0 radical (unpaired) electrons. The van der Waals surface area contributed by atoms with Crippen LogP contribution in [0, 0.1) is 0 Å². The lowest BCUT2D eigenvalue weighted by molar-refractivity contribution is 0.778. The molecule has 3 rings (SSSR count). The second-order valence-electron chi connectivity index (χ2n) is 4.48. The van der Waals surface area contributed by atoms with Crippen LogP contribution in [0.2, 0.25) is 0 Å². The van der Waals surface area contributed by atoms with Gasteiger partial charge in [-0.05, 0) is 17.0 Å². The quantitative estimate of drug-likeness (QED) is 0.279. The van der Waals surface area contributed by atoms with Crippen LogP contribution < -0.4 is 0 Å². The van der Waals surface area contributed by atoms with E-state index in [0.29, 0.717) is 0 Å². The van der Waals surface area contributed by atoms with Gasteiger partial charge in [0, 0.05) is 21.4 Å². The molecule has 4 heteroatoms. The maximum atomic E-state index is 8.51. The van der Waals surface area contributed by atoms with Crippen LogP contribution in [0.3, 0.4) is 0 Å². The maximum absolute atomic E-state index is 8.51. The van der Waals surface area contributed by atoms with Gasteiger partial charge in [-0.1, -0.05) is 54.5 Å². The molecular weight excluding hydrogens is 236 g/mol. The van der Waals surface area contributed by atoms with Crippen molar-refractivity contribution in [2.24, 2.45) is 5.11 Å². The Balaban J connectivity index is 2.31. The molecule has 0 bridgehead atoms. The van der Waals surface area contributed by atoms with Gasteiger partial charge < -0.3 is 0 Å². The van der Waals surface area contributed by atoms with Gasteiger partial charge >= 0.3 is 0 Å². The molecule has 0 N–H and O–H groups in total. The zero-order valence-electron chi connectivity index (χ0n) is 10.5. The zero-order chi connectivity index (χ0) is 13.2. The molecule has 0 aliphatic carbocycles. The third-order valence-corrected chi connectivity index (χ3v) is 3.26. The first kappa shape index (κ1) is 11.5. The molecule has 4 nitrogen and oxygen atoms in total. The Morgan fingerprint density at radius 3 is 2.63 bits per heavy atom. The van der Waals surface area contributed by atoms with E-state index in [1.54, 1.807) is 0 Å². The third-order valence-electron chi connectivity index (χ3n) is 3.26. The zero-order valence-corrected chi connectivity index (χ0v) is 10.5. The largest absolute Gasteiger partial charge is 0.252 e. The number of fused-ring (bicyclic) bond motifs is 3. The number of pyridine rings is 1. The Kier molecular flexibility index (Phi) is 2.78. The molecular formula is C15H12N4. The number of hydrogen-bond acceptors (Lipinski definition) is 2. The Hall–Kier alpha value is -2.58. The molecule has 1 aromatic heterocycles. The van der Waals surface area contributed by atoms with Crippen LogP contribution in [-0.4, -0.2) is 4.98 Å². The minimum Gasteiger partial charge on any atom is -0.252 e. The smallest absolute Gasteiger partial charge is 0.0783 e. The van der Waals surface area contributed by atoms with Crippen LogP contribution in [0.25, 0.3) is 32.1 Å². The van der Waals surface area contributed by atoms with Gasteiger partial charge in [0.15, 0.2) is 0 Å². The highest BCUT2D eigenvalue weighted by Crippen LogP contribution is 2.26. The monoisotopic (exact) mass is 248 g/mol. The summed E-state index contributed by atoms with van der Waals surface area (Å²) in [4.78, 5) is 7.50. The fourth-order valence-corrected chi connectivity index (χ4v) is 2.24. The van der Waals surface area contributed by atoms with Gasteiger partial charge in [0.1, 0.15) is 0 Å². The van der Waals surface area contributed by atoms with Gasteiger partial charge in [-0.2, -0.15) is 0 Å². The third kappa shape index (κ3) is 1.98. The minimum absolute atomic E-state index is 0.256. The summed E-state index contributed by atoms with van der Waals surface area (Å²) >= 11 is 0. The van der Waals surface area contributed by atoms with Gasteiger partial charge in [0.05, 0.1) is 11.6 Å². The Bertz CT molecular complexity index is 803. The predicted molar refractivity (Wildman–Crippen MR) is 76.8 cm³/mol. The van der Waals surface area contributed by atoms with Crippen molar-refractivity contribution < 1.29 is 0 Å². The lowest BCUT2D eigenvalue weighted by atomic mass is 10.1. The number of azide groups is 1. The van der Waals surface area contributed by atoms with Gasteiger partial charge in [-0.15, -0.1) is 0 Å². The average Bonchev–Trinajstić information content (AvgIpc) is 2.47. The minimum atomic E-state index is -0.256. The molecule has 0 saturated carbocycles. The van der Waals surface area contributed by atoms with Crippen molar-refractivity contribution in [1.29, 1.82) is 0 Å². The summed E-state index contributed by atoms with van der Waals surface area (Å²) in [7, 11) is 0. The summed E-state index contributed by atoms with van der Waals surface area (Å²) in [6, 6.07) is 16.0. The van der Waals surface area contributed by atoms with Gasteiger partial charge in [0.2, 0.25) is 0 Å². The van der Waals surface area contributed by atoms with Crippen molar-refractivity contribution in [3.05, 3.63) is 64.7 Å². The highest BCUT2D eigenvalue weighted by Gasteiger charge is 2.07. The second kappa shape index (κ2) is 4.59. The van der Waals surface area contributed by atoms with Crippen molar-refractivity contribution in [2.75, 3.05) is 0 Å². The van der Waals surface area contributed by atoms with Crippen molar-refractivity contribution in [2.45, 2.75) is 13.0 Å². The topological polar surface area (TPSA) is 61.7 Å². The fraction of sp³-hybridized carbons (Fsp3) is 0.133. The SMILES string of the molecule is C[C@@H](N=[N+]=[N-])c1ccc2ccc3ccccc3c2n1. The lowest BCUT2D eigenvalue weighted by Crippen LogP contribution is -1.94. The number of hydrogen-bond donors (Lipinski definition) is 0. The summed E-state index contributed by atoms with van der Waals surface area (Å²) in [6.07, 6.45) is 0. The molecule has 0 saturated heterocycles. The van der Waals surface area contributed by atoms with E-state index in [1.165, 1.54) is 0 Å². The van der Waals surface area contributed by atoms with Crippen molar-refractivity contribution >= 4 is 21.7 Å². The standard InChI is InChI=1S/C15H12N4/c1-10(18-19-16)14-9-8-12-7-6-11-4-2-3-5-13(11)15(12)17-14/h2-10H,1H3/t10-/m1/s1. The van der Waals surface area contributed by atoms with Crippen LogP contribution in [0.4, 0.5) is 0 Å². The van der Waals surface area contributed by atoms with E-state index in [2.05, 4.69) is 39.3 Å². The van der Waals surface area contributed by atoms with Crippen molar-refractivity contribution in [3.8, 4) is 0 Å². The highest BCUT2D eigenvalue weighted by molar-refractivity contribution is 6.05. The fourth-order valence-electron chi connectivity index (χ4n) is 2.24. The Labute approximate surface area is 110 Å². The van der Waals surface area contributed by atoms with E-state index in [-0.39, 0.29) is 6.04 Å². The summed E-state index contributed by atoms with van der Waals surface area (Å²) in [5.74, 6) is 0. The molecule has 19 heavy (non-hydrogen) atoms. The van der Waals surface area contributed by atoms with Gasteiger partial charge in [-0.25, -0.2) is 0 Å². The first-order valence-corrected chi connectivity index (χ1v) is 6.12. The molecule has 0 aliphatic rings. The van der Waals surface area contributed by atoms with Crippen molar-refractivity contribution in [3.63, 3.8) is 0 Å². The van der Waals surface area contributed by atoms with Crippen LogP contribution >= 0.6 is 0 Å². The number of rotatable bonds is 2. The highest BCUT2D eigenvalue weighted by atomic mass is 15.1. The van der Waals surface area contributed by atoms with Crippen LogP contribution in [-0.2, 0) is 0 Å². The Morgan fingerprint density at radius 2 is 1.79 bits per heavy atom. The first-order chi connectivity index (χ1) is 9.29. The predicted octanol–water partition coefficient (Wildman–Crippen LogP) is 4.76. The second-order valence-corrected chi connectivity index (χ2v) is 4.48. The van der Waals surface area contributed by atoms with E-state index in [9.17, 15) is 0 Å². The molecule has 1 atom stereocenters.